The van der Waals surface area contributed by atoms with Crippen molar-refractivity contribution in [3.8, 4) is 12.1 Å². The lowest BCUT2D eigenvalue weighted by Gasteiger charge is -2.12. The van der Waals surface area contributed by atoms with Gasteiger partial charge in [-0.25, -0.2) is 4.98 Å². The topological polar surface area (TPSA) is 65.4 Å². The normalized spacial score (nSPS) is 16.7. The van der Waals surface area contributed by atoms with Crippen molar-refractivity contribution in [2.45, 2.75) is 19.4 Å². The van der Waals surface area contributed by atoms with Crippen molar-refractivity contribution in [3.63, 3.8) is 0 Å². The van der Waals surface area contributed by atoms with Gasteiger partial charge in [-0.2, -0.15) is 23.2 Å². The first-order valence-electron chi connectivity index (χ1n) is 4.71. The molecule has 1 fully saturated rings. The predicted molar refractivity (Wildman–Crippen MR) is 57.2 cm³/mol. The van der Waals surface area contributed by atoms with Crippen molar-refractivity contribution in [2.75, 3.05) is 5.75 Å². The Labute approximate surface area is 93.6 Å². The number of thiol groups is 1. The molecule has 2 rings (SSSR count). The average molecular weight is 218 g/mol. The Kier molecular flexibility index (Phi) is 2.42. The second-order valence-electron chi connectivity index (χ2n) is 3.95. The quantitative estimate of drug-likeness (QED) is 0.778. The first kappa shape index (κ1) is 10.1. The Morgan fingerprint density at radius 3 is 2.67 bits per heavy atom. The summed E-state index contributed by atoms with van der Waals surface area (Å²) in [6.45, 7) is 0.744. The fraction of sp³-hybridized carbons (Fsp3) is 0.500. The summed E-state index contributed by atoms with van der Waals surface area (Å²) in [5.41, 5.74) is 0.806. The van der Waals surface area contributed by atoms with E-state index in [0.29, 0.717) is 5.69 Å². The second-order valence-corrected chi connectivity index (χ2v) is 4.27. The Morgan fingerprint density at radius 1 is 1.47 bits per heavy atom. The highest BCUT2D eigenvalue weighted by Crippen LogP contribution is 2.48. The molecule has 1 heterocycles. The number of imidazole rings is 1. The van der Waals surface area contributed by atoms with Crippen LogP contribution in [0.4, 0.5) is 0 Å². The zero-order valence-corrected chi connectivity index (χ0v) is 9.04. The highest BCUT2D eigenvalue weighted by molar-refractivity contribution is 7.80. The van der Waals surface area contributed by atoms with Gasteiger partial charge in [0.15, 0.2) is 11.4 Å². The summed E-state index contributed by atoms with van der Waals surface area (Å²) in [5.74, 6) is 0.817. The monoisotopic (exact) mass is 218 g/mol. The average Bonchev–Trinajstić information content (AvgIpc) is 2.92. The van der Waals surface area contributed by atoms with Gasteiger partial charge in [0, 0.05) is 6.54 Å². The SMILES string of the molecule is N#Cc1ncn(CC2(CS)CC2)c1C#N. The van der Waals surface area contributed by atoms with E-state index in [1.807, 2.05) is 12.1 Å². The van der Waals surface area contributed by atoms with E-state index in [9.17, 15) is 0 Å². The van der Waals surface area contributed by atoms with Crippen LogP contribution in [0.5, 0.6) is 0 Å². The van der Waals surface area contributed by atoms with Crippen molar-refractivity contribution >= 4 is 12.6 Å². The third-order valence-corrected chi connectivity index (χ3v) is 3.52. The van der Waals surface area contributed by atoms with Gasteiger partial charge in [0.05, 0.1) is 6.33 Å². The first-order chi connectivity index (χ1) is 7.24. The minimum Gasteiger partial charge on any atom is -0.321 e. The molecule has 0 atom stereocenters. The van der Waals surface area contributed by atoms with Crippen molar-refractivity contribution < 1.29 is 0 Å². The molecule has 0 spiro atoms. The van der Waals surface area contributed by atoms with Crippen molar-refractivity contribution in [1.29, 1.82) is 10.5 Å². The largest absolute Gasteiger partial charge is 0.321 e. The Bertz CT molecular complexity index is 459. The maximum absolute atomic E-state index is 8.93. The van der Waals surface area contributed by atoms with E-state index >= 15 is 0 Å². The lowest BCUT2D eigenvalue weighted by Crippen LogP contribution is -2.14. The molecular weight excluding hydrogens is 208 g/mol. The fourth-order valence-electron chi connectivity index (χ4n) is 1.61. The molecule has 0 saturated heterocycles. The van der Waals surface area contributed by atoms with E-state index in [1.165, 1.54) is 0 Å². The summed E-state index contributed by atoms with van der Waals surface area (Å²) in [5, 5.41) is 17.7. The number of hydrogen-bond donors (Lipinski definition) is 1. The fourth-order valence-corrected chi connectivity index (χ4v) is 2.02. The second kappa shape index (κ2) is 3.60. The number of nitriles is 2. The molecule has 0 bridgehead atoms. The summed E-state index contributed by atoms with van der Waals surface area (Å²) in [4.78, 5) is 3.91. The molecule has 1 aliphatic rings. The Hall–Kier alpha value is -1.46. The van der Waals surface area contributed by atoms with Gasteiger partial charge in [-0.15, -0.1) is 0 Å². The Morgan fingerprint density at radius 2 is 2.20 bits per heavy atom. The van der Waals surface area contributed by atoms with E-state index in [1.54, 1.807) is 10.9 Å². The van der Waals surface area contributed by atoms with Crippen LogP contribution in [0.15, 0.2) is 6.33 Å². The van der Waals surface area contributed by atoms with E-state index in [2.05, 4.69) is 17.6 Å². The molecule has 0 radical (unpaired) electrons. The van der Waals surface area contributed by atoms with E-state index < -0.39 is 0 Å². The van der Waals surface area contributed by atoms with Crippen molar-refractivity contribution in [3.05, 3.63) is 17.7 Å². The van der Waals surface area contributed by atoms with Gasteiger partial charge in [0.2, 0.25) is 0 Å². The number of nitrogens with zero attached hydrogens (tertiary/aromatic N) is 4. The predicted octanol–water partition coefficient (Wildman–Crippen LogP) is 1.34. The minimum absolute atomic E-state index is 0.215. The van der Waals surface area contributed by atoms with Crippen LogP contribution in [0.2, 0.25) is 0 Å². The molecular formula is C10H10N4S. The highest BCUT2D eigenvalue weighted by Gasteiger charge is 2.41. The smallest absolute Gasteiger partial charge is 0.176 e. The van der Waals surface area contributed by atoms with E-state index in [0.717, 1.165) is 25.1 Å². The van der Waals surface area contributed by atoms with Gasteiger partial charge in [-0.3, -0.25) is 0 Å². The third-order valence-electron chi connectivity index (χ3n) is 2.85. The number of hydrogen-bond acceptors (Lipinski definition) is 4. The van der Waals surface area contributed by atoms with Gasteiger partial charge in [-0.05, 0) is 24.0 Å². The van der Waals surface area contributed by atoms with Crippen LogP contribution in [0.25, 0.3) is 0 Å². The number of rotatable bonds is 3. The Balaban J connectivity index is 2.27. The standard InChI is InChI=1S/C10H10N4S/c11-3-8-9(4-12)14(7-13-8)5-10(6-15)1-2-10/h7,15H,1-2,5-6H2. The lowest BCUT2D eigenvalue weighted by molar-refractivity contribution is 0.471. The van der Waals surface area contributed by atoms with Crippen LogP contribution in [0.1, 0.15) is 24.2 Å². The van der Waals surface area contributed by atoms with Crippen LogP contribution in [0, 0.1) is 28.1 Å². The zero-order chi connectivity index (χ0) is 10.9. The molecule has 4 nitrogen and oxygen atoms in total. The van der Waals surface area contributed by atoms with Crippen molar-refractivity contribution in [1.82, 2.24) is 9.55 Å². The summed E-state index contributed by atoms with van der Waals surface area (Å²) in [6.07, 6.45) is 3.85. The summed E-state index contributed by atoms with van der Waals surface area (Å²) in [7, 11) is 0. The summed E-state index contributed by atoms with van der Waals surface area (Å²) >= 11 is 4.31. The molecule has 5 heteroatoms. The van der Waals surface area contributed by atoms with Gasteiger partial charge in [0.25, 0.3) is 0 Å². The first-order valence-corrected chi connectivity index (χ1v) is 5.34. The molecule has 1 aromatic heterocycles. The molecule has 0 unspecified atom stereocenters. The molecule has 1 aliphatic carbocycles. The van der Waals surface area contributed by atoms with Crippen LogP contribution >= 0.6 is 12.6 Å². The molecule has 1 aromatic rings. The molecule has 76 valence electrons. The van der Waals surface area contributed by atoms with Crippen LogP contribution < -0.4 is 0 Å². The third kappa shape index (κ3) is 1.71. The van der Waals surface area contributed by atoms with Gasteiger partial charge in [0.1, 0.15) is 12.1 Å². The summed E-state index contributed by atoms with van der Waals surface area (Å²) in [6, 6.07) is 3.94. The van der Waals surface area contributed by atoms with E-state index in [-0.39, 0.29) is 11.1 Å². The zero-order valence-electron chi connectivity index (χ0n) is 8.14. The molecule has 0 N–H and O–H groups in total. The molecule has 15 heavy (non-hydrogen) atoms. The van der Waals surface area contributed by atoms with Crippen LogP contribution in [0.3, 0.4) is 0 Å². The molecule has 1 saturated carbocycles. The molecule has 0 aromatic carbocycles. The number of aromatic nitrogens is 2. The maximum Gasteiger partial charge on any atom is 0.176 e. The molecule has 0 amide bonds. The minimum atomic E-state index is 0.215. The summed E-state index contributed by atoms with van der Waals surface area (Å²) < 4.78 is 1.77. The van der Waals surface area contributed by atoms with Crippen LogP contribution in [-0.4, -0.2) is 15.3 Å². The highest BCUT2D eigenvalue weighted by atomic mass is 32.1. The maximum atomic E-state index is 8.93. The molecule has 0 aliphatic heterocycles. The van der Waals surface area contributed by atoms with Gasteiger partial charge >= 0.3 is 0 Å². The van der Waals surface area contributed by atoms with Gasteiger partial charge in [-0.1, -0.05) is 0 Å². The lowest BCUT2D eigenvalue weighted by atomic mass is 10.1. The van der Waals surface area contributed by atoms with Gasteiger partial charge < -0.3 is 4.57 Å². The van der Waals surface area contributed by atoms with Crippen LogP contribution in [-0.2, 0) is 6.54 Å². The van der Waals surface area contributed by atoms with Crippen molar-refractivity contribution in [2.24, 2.45) is 5.41 Å². The van der Waals surface area contributed by atoms with E-state index in [4.69, 9.17) is 10.5 Å².